The Kier molecular flexibility index (Phi) is 7.79. The maximum Gasteiger partial charge on any atom is 0.238 e. The van der Waals surface area contributed by atoms with Crippen LogP contribution in [0.2, 0.25) is 15.1 Å². The van der Waals surface area contributed by atoms with Crippen molar-refractivity contribution < 1.29 is 13.2 Å². The van der Waals surface area contributed by atoms with E-state index in [9.17, 15) is 13.2 Å². The van der Waals surface area contributed by atoms with Gasteiger partial charge in [0.15, 0.2) is 0 Å². The van der Waals surface area contributed by atoms with Crippen LogP contribution in [0.4, 0.5) is 5.69 Å². The lowest BCUT2D eigenvalue weighted by Gasteiger charge is -2.32. The molecule has 0 radical (unpaired) electrons. The lowest BCUT2D eigenvalue weighted by Crippen LogP contribution is -2.49. The quantitative estimate of drug-likeness (QED) is 0.661. The highest BCUT2D eigenvalue weighted by Gasteiger charge is 2.26. The van der Waals surface area contributed by atoms with Crippen molar-refractivity contribution in [2.24, 2.45) is 0 Å². The summed E-state index contributed by atoms with van der Waals surface area (Å²) < 4.78 is 26.5. The van der Waals surface area contributed by atoms with Crippen LogP contribution in [0, 0.1) is 0 Å². The number of benzene rings is 2. The number of sulfonamides is 1. The molecule has 1 aliphatic heterocycles. The van der Waals surface area contributed by atoms with Gasteiger partial charge in [0.2, 0.25) is 15.9 Å². The summed E-state index contributed by atoms with van der Waals surface area (Å²) in [5.74, 6) is -0.290. The highest BCUT2D eigenvalue weighted by atomic mass is 35.5. The molecule has 30 heavy (non-hydrogen) atoms. The van der Waals surface area contributed by atoms with Crippen molar-refractivity contribution in [3.05, 3.63) is 68.5 Å². The number of amides is 1. The average molecular weight is 489 g/mol. The number of hydrogen-bond donors (Lipinski definition) is 1. The van der Waals surface area contributed by atoms with Crippen molar-refractivity contribution in [2.75, 3.05) is 38.0 Å². The lowest BCUT2D eigenvalue weighted by atomic mass is 10.2. The standard InChI is InChI=1S/C20H20Cl3N3O3S/c21-16-12-17(22)20(18(23)13-16)24-19(27)14-25-7-9-26(10-8-25)30(28,29)11-6-15-4-2-1-3-5-15/h1-6,11-13H,7-10,14H2,(H,24,27). The zero-order valence-corrected chi connectivity index (χ0v) is 19.0. The molecule has 6 nitrogen and oxygen atoms in total. The molecule has 160 valence electrons. The van der Waals surface area contributed by atoms with Crippen LogP contribution < -0.4 is 5.32 Å². The van der Waals surface area contributed by atoms with Crippen molar-refractivity contribution in [1.29, 1.82) is 0 Å². The monoisotopic (exact) mass is 487 g/mol. The van der Waals surface area contributed by atoms with Crippen molar-refractivity contribution >= 4 is 62.5 Å². The third kappa shape index (κ3) is 6.20. The minimum absolute atomic E-state index is 0.100. The second kappa shape index (κ2) is 10.1. The summed E-state index contributed by atoms with van der Waals surface area (Å²) >= 11 is 18.0. The SMILES string of the molecule is O=C(CN1CCN(S(=O)(=O)C=Cc2ccccc2)CC1)Nc1c(Cl)cc(Cl)cc1Cl. The Hall–Kier alpha value is -1.61. The number of rotatable bonds is 6. The maximum atomic E-state index is 12.5. The van der Waals surface area contributed by atoms with E-state index in [0.29, 0.717) is 36.9 Å². The van der Waals surface area contributed by atoms with E-state index in [1.54, 1.807) is 6.08 Å². The largest absolute Gasteiger partial charge is 0.322 e. The Morgan fingerprint density at radius 1 is 1.00 bits per heavy atom. The number of carbonyl (C=O) groups excluding carboxylic acids is 1. The van der Waals surface area contributed by atoms with Gasteiger partial charge in [-0.1, -0.05) is 65.1 Å². The van der Waals surface area contributed by atoms with E-state index in [1.807, 2.05) is 35.2 Å². The van der Waals surface area contributed by atoms with E-state index in [2.05, 4.69) is 5.32 Å². The van der Waals surface area contributed by atoms with Crippen LogP contribution in [-0.4, -0.2) is 56.3 Å². The number of halogens is 3. The third-order valence-electron chi connectivity index (χ3n) is 4.56. The summed E-state index contributed by atoms with van der Waals surface area (Å²) in [6.45, 7) is 1.58. The topological polar surface area (TPSA) is 69.7 Å². The summed E-state index contributed by atoms with van der Waals surface area (Å²) in [7, 11) is -3.52. The molecule has 1 amide bonds. The summed E-state index contributed by atoms with van der Waals surface area (Å²) in [5, 5.41) is 4.78. The molecule has 0 bridgehead atoms. The van der Waals surface area contributed by atoms with Gasteiger partial charge < -0.3 is 5.32 Å². The highest BCUT2D eigenvalue weighted by Crippen LogP contribution is 2.33. The van der Waals surface area contributed by atoms with Gasteiger partial charge in [0.25, 0.3) is 0 Å². The Labute approximate surface area is 191 Å². The first-order chi connectivity index (χ1) is 14.2. The molecule has 2 aromatic carbocycles. The molecule has 0 atom stereocenters. The number of nitrogens with one attached hydrogen (secondary N) is 1. The predicted molar refractivity (Wildman–Crippen MR) is 123 cm³/mol. The number of piperazine rings is 1. The van der Waals surface area contributed by atoms with E-state index in [0.717, 1.165) is 5.56 Å². The molecule has 0 saturated carbocycles. The number of anilines is 1. The van der Waals surface area contributed by atoms with Gasteiger partial charge in [0.1, 0.15) is 0 Å². The van der Waals surface area contributed by atoms with Crippen LogP contribution >= 0.6 is 34.8 Å². The first-order valence-electron chi connectivity index (χ1n) is 9.14. The number of nitrogens with zero attached hydrogens (tertiary/aromatic N) is 2. The summed E-state index contributed by atoms with van der Waals surface area (Å²) in [5.41, 5.74) is 1.12. The number of hydrogen-bond acceptors (Lipinski definition) is 4. The minimum Gasteiger partial charge on any atom is -0.322 e. The van der Waals surface area contributed by atoms with E-state index >= 15 is 0 Å². The molecular formula is C20H20Cl3N3O3S. The van der Waals surface area contributed by atoms with Gasteiger partial charge in [-0.3, -0.25) is 9.69 Å². The van der Waals surface area contributed by atoms with Gasteiger partial charge in [-0.25, -0.2) is 8.42 Å². The zero-order valence-electron chi connectivity index (χ0n) is 15.9. The van der Waals surface area contributed by atoms with Gasteiger partial charge in [-0.15, -0.1) is 0 Å². The predicted octanol–water partition coefficient (Wildman–Crippen LogP) is 4.20. The van der Waals surface area contributed by atoms with Crippen molar-refractivity contribution in [2.45, 2.75) is 0 Å². The molecule has 10 heteroatoms. The molecule has 3 rings (SSSR count). The first-order valence-corrected chi connectivity index (χ1v) is 11.8. The second-order valence-electron chi connectivity index (χ2n) is 6.73. The van der Waals surface area contributed by atoms with Crippen molar-refractivity contribution in [1.82, 2.24) is 9.21 Å². The Balaban J connectivity index is 1.53. The Morgan fingerprint density at radius 2 is 1.60 bits per heavy atom. The summed E-state index contributed by atoms with van der Waals surface area (Å²) in [4.78, 5) is 14.2. The van der Waals surface area contributed by atoms with Gasteiger partial charge in [-0.05, 0) is 23.8 Å². The van der Waals surface area contributed by atoms with Crippen molar-refractivity contribution in [3.63, 3.8) is 0 Å². The zero-order chi connectivity index (χ0) is 21.7. The smallest absolute Gasteiger partial charge is 0.238 e. The second-order valence-corrected chi connectivity index (χ2v) is 9.80. The van der Waals surface area contributed by atoms with E-state index < -0.39 is 10.0 Å². The van der Waals surface area contributed by atoms with Crippen LogP contribution in [0.25, 0.3) is 6.08 Å². The Morgan fingerprint density at radius 3 is 2.20 bits per heavy atom. The number of carbonyl (C=O) groups is 1. The normalized spacial score (nSPS) is 16.1. The van der Waals surface area contributed by atoms with Crippen LogP contribution in [0.15, 0.2) is 47.9 Å². The fourth-order valence-corrected chi connectivity index (χ4v) is 5.09. The van der Waals surface area contributed by atoms with E-state index in [4.69, 9.17) is 34.8 Å². The van der Waals surface area contributed by atoms with Crippen LogP contribution in [0.3, 0.4) is 0 Å². The van der Waals surface area contributed by atoms with Crippen LogP contribution in [-0.2, 0) is 14.8 Å². The van der Waals surface area contributed by atoms with Gasteiger partial charge >= 0.3 is 0 Å². The van der Waals surface area contributed by atoms with Crippen LogP contribution in [0.5, 0.6) is 0 Å². The molecule has 1 fully saturated rings. The molecule has 0 aromatic heterocycles. The fraction of sp³-hybridized carbons (Fsp3) is 0.250. The lowest BCUT2D eigenvalue weighted by molar-refractivity contribution is -0.117. The molecule has 0 aliphatic carbocycles. The van der Waals surface area contributed by atoms with E-state index in [1.165, 1.54) is 21.8 Å². The van der Waals surface area contributed by atoms with Gasteiger partial charge in [0.05, 0.1) is 22.3 Å². The highest BCUT2D eigenvalue weighted by molar-refractivity contribution is 7.92. The van der Waals surface area contributed by atoms with E-state index in [-0.39, 0.29) is 22.5 Å². The molecule has 1 aliphatic rings. The Bertz CT molecular complexity index is 1010. The van der Waals surface area contributed by atoms with Gasteiger partial charge in [0, 0.05) is 36.6 Å². The molecular weight excluding hydrogens is 469 g/mol. The summed E-state index contributed by atoms with van der Waals surface area (Å²) in [6.07, 6.45) is 1.58. The maximum absolute atomic E-state index is 12.5. The van der Waals surface area contributed by atoms with Crippen molar-refractivity contribution in [3.8, 4) is 0 Å². The molecule has 1 saturated heterocycles. The third-order valence-corrected chi connectivity index (χ3v) is 6.94. The minimum atomic E-state index is -3.52. The molecule has 0 spiro atoms. The fourth-order valence-electron chi connectivity index (χ4n) is 3.00. The van der Waals surface area contributed by atoms with Crippen LogP contribution in [0.1, 0.15) is 5.56 Å². The molecule has 2 aromatic rings. The first kappa shape index (κ1) is 23.1. The average Bonchev–Trinajstić information content (AvgIpc) is 2.70. The molecule has 1 heterocycles. The molecule has 0 unspecified atom stereocenters. The van der Waals surface area contributed by atoms with Gasteiger partial charge in [-0.2, -0.15) is 4.31 Å². The molecule has 1 N–H and O–H groups in total. The summed E-state index contributed by atoms with van der Waals surface area (Å²) in [6, 6.07) is 12.2.